The fraction of sp³-hybridized carbons (Fsp3) is 0.714. The van der Waals surface area contributed by atoms with E-state index in [1.54, 1.807) is 6.92 Å². The Labute approximate surface area is 134 Å². The number of rotatable bonds is 4. The Morgan fingerprint density at radius 3 is 3.00 bits per heavy atom. The van der Waals surface area contributed by atoms with E-state index < -0.39 is 21.6 Å². The quantitative estimate of drug-likeness (QED) is 0.732. The minimum absolute atomic E-state index is 0.0103. The Morgan fingerprint density at radius 2 is 2.35 bits per heavy atom. The summed E-state index contributed by atoms with van der Waals surface area (Å²) in [6, 6.07) is 0. The molecule has 8 nitrogen and oxygen atoms in total. The average Bonchev–Trinajstić information content (AvgIpc) is 3.11. The van der Waals surface area contributed by atoms with Gasteiger partial charge in [0.05, 0.1) is 13.7 Å². The monoisotopic (exact) mass is 344 g/mol. The van der Waals surface area contributed by atoms with Gasteiger partial charge in [-0.3, -0.25) is 0 Å². The molecule has 2 aliphatic heterocycles. The zero-order valence-corrected chi connectivity index (χ0v) is 14.0. The molecule has 2 aliphatic rings. The van der Waals surface area contributed by atoms with Crippen molar-refractivity contribution in [3.05, 3.63) is 17.5 Å². The van der Waals surface area contributed by atoms with Gasteiger partial charge >= 0.3 is 5.97 Å². The van der Waals surface area contributed by atoms with E-state index in [9.17, 15) is 13.2 Å². The number of aromatic nitrogens is 1. The predicted octanol–water partition coefficient (Wildman–Crippen LogP) is 0.467. The Hall–Kier alpha value is -1.45. The third-order valence-corrected chi connectivity index (χ3v) is 6.35. The van der Waals surface area contributed by atoms with Gasteiger partial charge in [-0.1, -0.05) is 5.16 Å². The van der Waals surface area contributed by atoms with Crippen molar-refractivity contribution in [1.29, 1.82) is 0 Å². The molecule has 2 atom stereocenters. The average molecular weight is 344 g/mol. The number of esters is 1. The molecule has 23 heavy (non-hydrogen) atoms. The number of carbonyl (C=O) groups is 1. The van der Waals surface area contributed by atoms with Crippen molar-refractivity contribution in [2.45, 2.75) is 31.1 Å². The lowest BCUT2D eigenvalue weighted by Crippen LogP contribution is -2.52. The molecule has 0 spiro atoms. The number of fused-ring (bicyclic) bond motifs is 1. The molecular weight excluding hydrogens is 324 g/mol. The summed E-state index contributed by atoms with van der Waals surface area (Å²) in [4.78, 5) is 12.2. The number of hydrogen-bond acceptors (Lipinski definition) is 7. The first-order chi connectivity index (χ1) is 10.9. The highest BCUT2D eigenvalue weighted by molar-refractivity contribution is 7.88. The van der Waals surface area contributed by atoms with Crippen molar-refractivity contribution in [3.63, 3.8) is 0 Å². The number of nitrogens with zero attached hydrogens (tertiary/aromatic N) is 2. The molecule has 2 fully saturated rings. The third kappa shape index (κ3) is 2.77. The zero-order chi connectivity index (χ0) is 16.7. The van der Waals surface area contributed by atoms with E-state index in [4.69, 9.17) is 14.0 Å². The molecule has 1 aromatic rings. The molecule has 1 aromatic heterocycles. The highest BCUT2D eigenvalue weighted by atomic mass is 32.2. The van der Waals surface area contributed by atoms with Crippen LogP contribution in [0, 0.1) is 12.8 Å². The summed E-state index contributed by atoms with van der Waals surface area (Å²) < 4.78 is 42.1. The summed E-state index contributed by atoms with van der Waals surface area (Å²) in [5.74, 6) is -0.936. The lowest BCUT2D eigenvalue weighted by molar-refractivity contribution is -0.179. The van der Waals surface area contributed by atoms with Gasteiger partial charge in [-0.15, -0.1) is 0 Å². The van der Waals surface area contributed by atoms with E-state index in [0.29, 0.717) is 17.9 Å². The smallest absolute Gasteiger partial charge is 0.339 e. The zero-order valence-electron chi connectivity index (χ0n) is 13.1. The summed E-state index contributed by atoms with van der Waals surface area (Å²) >= 11 is 0. The summed E-state index contributed by atoms with van der Waals surface area (Å²) in [5.41, 5.74) is -0.115. The van der Waals surface area contributed by atoms with Gasteiger partial charge in [0.2, 0.25) is 10.0 Å². The van der Waals surface area contributed by atoms with Crippen LogP contribution in [-0.2, 0) is 30.0 Å². The van der Waals surface area contributed by atoms with Crippen LogP contribution in [0.15, 0.2) is 10.8 Å². The maximum atomic E-state index is 12.7. The van der Waals surface area contributed by atoms with Crippen LogP contribution in [0.5, 0.6) is 0 Å². The van der Waals surface area contributed by atoms with Gasteiger partial charge < -0.3 is 14.0 Å². The minimum atomic E-state index is -3.62. The van der Waals surface area contributed by atoms with Crippen molar-refractivity contribution in [2.75, 3.05) is 26.8 Å². The number of methoxy groups -OCH3 is 1. The SMILES string of the molecule is COC(=O)C12CN(S(=O)(=O)Cc3nocc3C)CC1CCCO2. The van der Waals surface area contributed by atoms with Gasteiger partial charge in [0.15, 0.2) is 5.60 Å². The van der Waals surface area contributed by atoms with Crippen LogP contribution < -0.4 is 0 Å². The molecular formula is C14H20N2O6S. The molecule has 0 radical (unpaired) electrons. The summed E-state index contributed by atoms with van der Waals surface area (Å²) in [6.45, 7) is 2.42. The van der Waals surface area contributed by atoms with Crippen molar-refractivity contribution in [1.82, 2.24) is 9.46 Å². The van der Waals surface area contributed by atoms with Gasteiger partial charge in [0, 0.05) is 24.6 Å². The maximum Gasteiger partial charge on any atom is 0.339 e. The lowest BCUT2D eigenvalue weighted by Gasteiger charge is -2.35. The molecule has 0 N–H and O–H groups in total. The summed E-state index contributed by atoms with van der Waals surface area (Å²) in [6.07, 6.45) is 2.96. The normalized spacial score (nSPS) is 28.5. The topological polar surface area (TPSA) is 98.9 Å². The predicted molar refractivity (Wildman–Crippen MR) is 78.9 cm³/mol. The lowest BCUT2D eigenvalue weighted by atomic mass is 9.85. The Bertz CT molecular complexity index is 700. The summed E-state index contributed by atoms with van der Waals surface area (Å²) in [7, 11) is -2.33. The first kappa shape index (κ1) is 16.4. The van der Waals surface area contributed by atoms with Gasteiger partial charge in [-0.2, -0.15) is 4.31 Å². The highest BCUT2D eigenvalue weighted by Crippen LogP contribution is 2.40. The largest absolute Gasteiger partial charge is 0.467 e. The molecule has 128 valence electrons. The second-order valence-electron chi connectivity index (χ2n) is 6.06. The Kier molecular flexibility index (Phi) is 4.19. The van der Waals surface area contributed by atoms with Crippen LogP contribution >= 0.6 is 0 Å². The maximum absolute atomic E-state index is 12.7. The molecule has 2 saturated heterocycles. The van der Waals surface area contributed by atoms with Crippen LogP contribution in [0.4, 0.5) is 0 Å². The van der Waals surface area contributed by atoms with Gasteiger partial charge in [0.1, 0.15) is 17.7 Å². The van der Waals surface area contributed by atoms with Crippen LogP contribution in [0.2, 0.25) is 0 Å². The number of ether oxygens (including phenoxy) is 2. The van der Waals surface area contributed by atoms with Crippen LogP contribution in [0.25, 0.3) is 0 Å². The van der Waals surface area contributed by atoms with Crippen molar-refractivity contribution in [3.8, 4) is 0 Å². The molecule has 0 bridgehead atoms. The van der Waals surface area contributed by atoms with E-state index in [2.05, 4.69) is 5.16 Å². The van der Waals surface area contributed by atoms with Crippen LogP contribution in [0.1, 0.15) is 24.1 Å². The number of carbonyl (C=O) groups excluding carboxylic acids is 1. The molecule has 9 heteroatoms. The number of aryl methyl sites for hydroxylation is 1. The molecule has 3 heterocycles. The van der Waals surface area contributed by atoms with E-state index in [1.165, 1.54) is 17.7 Å². The van der Waals surface area contributed by atoms with E-state index in [-0.39, 0.29) is 24.8 Å². The number of hydrogen-bond donors (Lipinski definition) is 0. The van der Waals surface area contributed by atoms with Crippen LogP contribution in [-0.4, -0.2) is 56.3 Å². The fourth-order valence-electron chi connectivity index (χ4n) is 3.31. The molecule has 2 unspecified atom stereocenters. The van der Waals surface area contributed by atoms with Crippen molar-refractivity contribution >= 4 is 16.0 Å². The second kappa shape index (κ2) is 5.88. The molecule has 0 saturated carbocycles. The van der Waals surface area contributed by atoms with Gasteiger partial charge in [-0.05, 0) is 19.8 Å². The van der Waals surface area contributed by atoms with E-state index >= 15 is 0 Å². The number of sulfonamides is 1. The first-order valence-electron chi connectivity index (χ1n) is 7.49. The standard InChI is InChI=1S/C14H20N2O6S/c1-10-7-22-15-12(10)8-23(18,19)16-6-11-4-3-5-21-14(11,9-16)13(17)20-2/h7,11H,3-6,8-9H2,1-2H3. The molecule has 0 aromatic carbocycles. The van der Waals surface area contributed by atoms with Crippen molar-refractivity contribution < 1.29 is 27.2 Å². The van der Waals surface area contributed by atoms with Crippen LogP contribution in [0.3, 0.4) is 0 Å². The van der Waals surface area contributed by atoms with E-state index in [1.807, 2.05) is 0 Å². The third-order valence-electron chi connectivity index (χ3n) is 4.64. The summed E-state index contributed by atoms with van der Waals surface area (Å²) in [5, 5.41) is 3.73. The minimum Gasteiger partial charge on any atom is -0.467 e. The molecule has 0 aliphatic carbocycles. The van der Waals surface area contributed by atoms with E-state index in [0.717, 1.165) is 12.8 Å². The first-order valence-corrected chi connectivity index (χ1v) is 9.10. The second-order valence-corrected chi connectivity index (χ2v) is 8.03. The molecule has 0 amide bonds. The van der Waals surface area contributed by atoms with Gasteiger partial charge in [0.25, 0.3) is 0 Å². The van der Waals surface area contributed by atoms with Gasteiger partial charge in [-0.25, -0.2) is 13.2 Å². The Balaban J connectivity index is 1.84. The fourth-order valence-corrected chi connectivity index (χ4v) is 4.91. The Morgan fingerprint density at radius 1 is 1.57 bits per heavy atom. The molecule has 3 rings (SSSR count). The highest BCUT2D eigenvalue weighted by Gasteiger charge is 2.57. The van der Waals surface area contributed by atoms with Crippen molar-refractivity contribution in [2.24, 2.45) is 5.92 Å².